The van der Waals surface area contributed by atoms with Crippen molar-refractivity contribution in [2.24, 2.45) is 51.8 Å². The number of anilines is 8. The van der Waals surface area contributed by atoms with E-state index < -0.39 is 23.3 Å². The molecule has 36 heteroatoms. The largest absolute Gasteiger partial charge is 0.493 e. The highest BCUT2D eigenvalue weighted by Crippen LogP contribution is 2.60. The van der Waals surface area contributed by atoms with Crippen LogP contribution in [0.1, 0.15) is 41.5 Å². The molecule has 4 unspecified atom stereocenters. The van der Waals surface area contributed by atoms with Crippen molar-refractivity contribution in [1.82, 2.24) is 59.5 Å². The van der Waals surface area contributed by atoms with E-state index in [1.165, 1.54) is 73.8 Å². The SMILES string of the molecule is CN(C)C/C=C/C(=O)Cc1cc2c(Nc3ccc(F)c(Cl)c3)ncnc2cc1OCC12COCC1C2.CN(C)C/C=C/C(=O)Cc1cc2c(Nc3ccc(F)c(Cl)c3)ncnc2cc1OCC1C2COCC21.CN(C)C/C=C/C(=O)Cc1cc2c(Nc3ccc(F)c(Cl)c3)ncnc2cc1OC[C@@]12COC[C@@H]1C2.CN(C)C/C=C/C(=O)Cc1cc2c(Nc3ccc(F)c(Cl)c3)ncnc2cc1OC[C@]12COC[C@H]1C2. The molecule has 0 spiro atoms. The number of allylic oxidation sites excluding steroid dienone is 4. The maximum Gasteiger partial charge on any atom is 0.159 e. The second kappa shape index (κ2) is 46.0. The monoisotopic (exact) mass is 2040 g/mol. The molecular weight excluding hydrogens is 1930 g/mol. The van der Waals surface area contributed by atoms with Crippen molar-refractivity contribution in [3.05, 3.63) is 261 Å². The first-order valence-electron chi connectivity index (χ1n) is 47.5. The molecule has 8 aromatic carbocycles. The van der Waals surface area contributed by atoms with Crippen molar-refractivity contribution >= 4 is 159 Å². The van der Waals surface area contributed by atoms with Crippen molar-refractivity contribution < 1.29 is 74.6 Å². The lowest BCUT2D eigenvalue weighted by Crippen LogP contribution is -2.17. The Morgan fingerprint density at radius 1 is 0.354 bits per heavy atom. The molecule has 28 nitrogen and oxygen atoms in total. The summed E-state index contributed by atoms with van der Waals surface area (Å²) in [5.74, 6) is 5.89. The lowest BCUT2D eigenvalue weighted by atomic mass is 10.0. The summed E-state index contributed by atoms with van der Waals surface area (Å²) in [6.45, 7) is 11.1. The van der Waals surface area contributed by atoms with Crippen molar-refractivity contribution in [2.45, 2.75) is 44.9 Å². The predicted molar refractivity (Wildman–Crippen MR) is 550 cm³/mol. The molecule has 4 N–H and O–H groups in total. The molecule has 8 fully saturated rings. The summed E-state index contributed by atoms with van der Waals surface area (Å²) in [5, 5.41) is 15.7. The lowest BCUT2D eigenvalue weighted by Gasteiger charge is -2.17. The molecule has 4 aliphatic carbocycles. The second-order valence-electron chi connectivity index (χ2n) is 39.1. The fourth-order valence-corrected chi connectivity index (χ4v) is 19.0. The van der Waals surface area contributed by atoms with E-state index in [0.717, 1.165) is 96.1 Å². The Morgan fingerprint density at radius 3 is 0.840 bits per heavy atom. The molecular formula is C108H112Cl4F4N16O12. The maximum atomic E-state index is 13.6. The van der Waals surface area contributed by atoms with Crippen LogP contribution < -0.4 is 40.2 Å². The molecule has 0 bridgehead atoms. The summed E-state index contributed by atoms with van der Waals surface area (Å²) in [5.41, 5.74) is 8.32. The Balaban J connectivity index is 0.000000132. The molecule has 752 valence electrons. The van der Waals surface area contributed by atoms with Crippen LogP contribution in [0.2, 0.25) is 20.1 Å². The number of nitrogens with zero attached hydrogens (tertiary/aromatic N) is 12. The van der Waals surface area contributed by atoms with Gasteiger partial charge in [-0.3, -0.25) is 19.2 Å². The van der Waals surface area contributed by atoms with Gasteiger partial charge in [-0.05, 0) is 227 Å². The predicted octanol–water partition coefficient (Wildman–Crippen LogP) is 19.1. The normalized spacial score (nSPS) is 20.8. The molecule has 8 aliphatic rings. The van der Waals surface area contributed by atoms with Crippen LogP contribution in [-0.2, 0) is 63.8 Å². The number of ketones is 4. The van der Waals surface area contributed by atoms with E-state index in [9.17, 15) is 36.7 Å². The van der Waals surface area contributed by atoms with Gasteiger partial charge >= 0.3 is 0 Å². The Morgan fingerprint density at radius 2 is 0.611 bits per heavy atom. The summed E-state index contributed by atoms with van der Waals surface area (Å²) < 4.78 is 102. The summed E-state index contributed by atoms with van der Waals surface area (Å²) in [6, 6.07) is 32.5. The third kappa shape index (κ3) is 26.1. The number of likely N-dealkylation sites (N-methyl/N-ethyl adjacent to an activating group) is 4. The van der Waals surface area contributed by atoms with Crippen LogP contribution in [-0.4, -0.2) is 244 Å². The topological polar surface area (TPSA) is 306 Å². The van der Waals surface area contributed by atoms with E-state index in [1.54, 1.807) is 48.6 Å². The van der Waals surface area contributed by atoms with Crippen LogP contribution in [0, 0.1) is 75.0 Å². The molecule has 0 amide bonds. The van der Waals surface area contributed by atoms with Gasteiger partial charge in [-0.2, -0.15) is 0 Å². The van der Waals surface area contributed by atoms with E-state index in [2.05, 4.69) is 61.1 Å². The number of carbonyl (C=O) groups excluding carboxylic acids is 4. The Hall–Kier alpha value is -12.3. The molecule has 12 aromatic rings. The number of ether oxygens (including phenoxy) is 8. The van der Waals surface area contributed by atoms with Gasteiger partial charge in [-0.15, -0.1) is 0 Å². The van der Waals surface area contributed by atoms with Gasteiger partial charge in [0.25, 0.3) is 0 Å². The molecule has 144 heavy (non-hydrogen) atoms. The van der Waals surface area contributed by atoms with Crippen LogP contribution in [0.15, 0.2) is 195 Å². The van der Waals surface area contributed by atoms with Gasteiger partial charge in [-0.25, -0.2) is 57.4 Å². The first kappa shape index (κ1) is 103. The van der Waals surface area contributed by atoms with Gasteiger partial charge in [0, 0.05) is 165 Å². The minimum absolute atomic E-state index is 0.0125. The van der Waals surface area contributed by atoms with E-state index >= 15 is 0 Å². The number of hydrogen-bond donors (Lipinski definition) is 4. The number of halogens is 8. The summed E-state index contributed by atoms with van der Waals surface area (Å²) in [7, 11) is 15.6. The third-order valence-corrected chi connectivity index (χ3v) is 28.0. The Kier molecular flexibility index (Phi) is 32.9. The molecule has 4 aliphatic heterocycles. The number of carbonyl (C=O) groups is 4. The molecule has 20 rings (SSSR count). The highest BCUT2D eigenvalue weighted by atomic mass is 35.5. The van der Waals surface area contributed by atoms with Gasteiger partial charge < -0.3 is 78.8 Å². The maximum absolute atomic E-state index is 13.6. The number of fused-ring (bicyclic) bond motifs is 8. The number of benzene rings is 8. The zero-order valence-electron chi connectivity index (χ0n) is 81.0. The fraction of sp³-hybridized carbons (Fsp3) is 0.370. The van der Waals surface area contributed by atoms with E-state index in [1.807, 2.05) is 149 Å². The third-order valence-electron chi connectivity index (χ3n) is 26.9. The molecule has 8 heterocycles. The molecule has 0 radical (unpaired) electrons. The van der Waals surface area contributed by atoms with Gasteiger partial charge in [0.1, 0.15) is 94.8 Å². The van der Waals surface area contributed by atoms with Gasteiger partial charge in [0.05, 0.1) is 121 Å². The number of aromatic nitrogens is 8. The summed E-state index contributed by atoms with van der Waals surface area (Å²) in [4.78, 5) is 94.3. The fourth-order valence-electron chi connectivity index (χ4n) is 18.3. The van der Waals surface area contributed by atoms with Gasteiger partial charge in [0.2, 0.25) is 0 Å². The van der Waals surface area contributed by atoms with Crippen LogP contribution in [0.25, 0.3) is 43.6 Å². The second-order valence-corrected chi connectivity index (χ2v) is 40.7. The average Bonchev–Trinajstić information content (AvgIpc) is 1.58. The average molecular weight is 2040 g/mol. The number of hydrogen-bond acceptors (Lipinski definition) is 28. The Labute approximate surface area is 851 Å². The summed E-state index contributed by atoms with van der Waals surface area (Å²) >= 11 is 23.8. The van der Waals surface area contributed by atoms with Crippen molar-refractivity contribution in [1.29, 1.82) is 0 Å². The van der Waals surface area contributed by atoms with Crippen LogP contribution in [0.4, 0.5) is 63.6 Å². The van der Waals surface area contributed by atoms with Crippen molar-refractivity contribution in [3.8, 4) is 23.0 Å². The zero-order chi connectivity index (χ0) is 101. The van der Waals surface area contributed by atoms with E-state index in [4.69, 9.17) is 84.3 Å². The minimum Gasteiger partial charge on any atom is -0.493 e. The minimum atomic E-state index is -0.496. The van der Waals surface area contributed by atoms with Crippen LogP contribution in [0.3, 0.4) is 0 Å². The van der Waals surface area contributed by atoms with Crippen molar-refractivity contribution in [2.75, 3.05) is 183 Å². The van der Waals surface area contributed by atoms with E-state index in [0.29, 0.717) is 199 Å². The number of nitrogens with one attached hydrogen (secondary N) is 4. The zero-order valence-corrected chi connectivity index (χ0v) is 84.0. The quantitative estimate of drug-likeness (QED) is 0.0205. The first-order chi connectivity index (χ1) is 69.4. The first-order valence-corrected chi connectivity index (χ1v) is 49.1. The van der Waals surface area contributed by atoms with Crippen LogP contribution in [0.5, 0.6) is 23.0 Å². The molecule has 8 atom stereocenters. The smallest absolute Gasteiger partial charge is 0.159 e. The summed E-state index contributed by atoms with van der Waals surface area (Å²) in [6.07, 6.45) is 23.7. The van der Waals surface area contributed by atoms with Crippen molar-refractivity contribution in [3.63, 3.8) is 0 Å². The highest BCUT2D eigenvalue weighted by Gasteiger charge is 2.61. The lowest BCUT2D eigenvalue weighted by molar-refractivity contribution is -0.114. The highest BCUT2D eigenvalue weighted by molar-refractivity contribution is 6.32. The van der Waals surface area contributed by atoms with Gasteiger partial charge in [-0.1, -0.05) is 70.7 Å². The molecule has 4 saturated heterocycles. The molecule has 4 saturated carbocycles. The standard InChI is InChI=1S/4C27H28ClFN4O3/c3*1-33(2)7-3-4-20(34)8-17-9-21-24(11-25(17)36-15-27-12-18(27)13-35-14-27)30-16-31-26(21)32-19-5-6-23(29)22(28)10-19;1-33(2)7-3-4-18(34)8-16-9-19-25(11-26(16)36-14-22-20-12-35-13-21(20)22)30-15-31-27(19)32-17-5-6-24(29)23(28)10-17/h3*3-6,9-11,16,18H,7-8,12-15H2,1-2H3,(H,30,31,32);3-6,9-11,15,20-22H,7-8,12-14H2,1-2H3,(H,30,31,32)/b4*4-3+/t2*18-,27+;;/m10../s1. The van der Waals surface area contributed by atoms with Gasteiger partial charge in [0.15, 0.2) is 23.1 Å². The van der Waals surface area contributed by atoms with Crippen LogP contribution >= 0.6 is 46.4 Å². The Bertz CT molecular complexity index is 6440. The van der Waals surface area contributed by atoms with E-state index in [-0.39, 0.29) is 85.2 Å². The number of rotatable bonds is 40. The molecule has 4 aromatic heterocycles.